The lowest BCUT2D eigenvalue weighted by molar-refractivity contribution is 0.188. The third kappa shape index (κ3) is 5.21. The van der Waals surface area contributed by atoms with E-state index in [2.05, 4.69) is 35.1 Å². The molecular weight excluding hydrogens is 516 g/mol. The van der Waals surface area contributed by atoms with Crippen LogP contribution in [0.1, 0.15) is 51.0 Å². The van der Waals surface area contributed by atoms with E-state index in [4.69, 9.17) is 4.98 Å². The highest BCUT2D eigenvalue weighted by molar-refractivity contribution is 9.10. The van der Waals surface area contributed by atoms with Crippen molar-refractivity contribution in [1.82, 2.24) is 14.5 Å². The lowest BCUT2D eigenvalue weighted by Crippen LogP contribution is -2.40. The molecule has 4 rings (SSSR count). The summed E-state index contributed by atoms with van der Waals surface area (Å²) < 4.78 is 2.50. The number of carbonyl (C=O) groups excluding carboxylic acids is 1. The maximum absolute atomic E-state index is 13.9. The van der Waals surface area contributed by atoms with Crippen LogP contribution < -0.4 is 10.9 Å². The number of carbonyl (C=O) groups is 1. The van der Waals surface area contributed by atoms with Gasteiger partial charge < -0.3 is 10.2 Å². The average Bonchev–Trinajstić information content (AvgIpc) is 2.90. The second kappa shape index (κ2) is 11.5. The van der Waals surface area contributed by atoms with Crippen molar-refractivity contribution in [3.8, 4) is 5.69 Å². The summed E-state index contributed by atoms with van der Waals surface area (Å²) in [6.07, 6.45) is 2.53. The maximum Gasteiger partial charge on any atom is 0.322 e. The standard InChI is InChI=1S/C29H31BrN4O2/c1-4-6-19-33(29(36)32-25-17-11-9-15-23(25)30)20(3)27-31-24-16-10-8-14-22(24)28(35)34(27)26-18-12-7-13-21(26)5-2/h7-18,20H,4-6,19H2,1-3H3,(H,32,36). The molecule has 0 bridgehead atoms. The number of fused-ring (bicyclic) bond motifs is 1. The third-order valence-electron chi connectivity index (χ3n) is 6.39. The fraction of sp³-hybridized carbons (Fsp3) is 0.276. The number of urea groups is 1. The summed E-state index contributed by atoms with van der Waals surface area (Å²) in [6.45, 7) is 6.64. The zero-order valence-corrected chi connectivity index (χ0v) is 22.5. The molecule has 1 heterocycles. The minimum atomic E-state index is -0.457. The molecular formula is C29H31BrN4O2. The van der Waals surface area contributed by atoms with E-state index in [0.717, 1.165) is 35.0 Å². The normalized spacial score (nSPS) is 11.9. The van der Waals surface area contributed by atoms with Gasteiger partial charge in [-0.15, -0.1) is 0 Å². The highest BCUT2D eigenvalue weighted by atomic mass is 79.9. The summed E-state index contributed by atoms with van der Waals surface area (Å²) in [6, 6.07) is 22.1. The van der Waals surface area contributed by atoms with Gasteiger partial charge in [0.05, 0.1) is 28.3 Å². The zero-order valence-electron chi connectivity index (χ0n) is 20.9. The number of rotatable bonds is 8. The fourth-order valence-electron chi connectivity index (χ4n) is 4.38. The predicted molar refractivity (Wildman–Crippen MR) is 150 cm³/mol. The van der Waals surface area contributed by atoms with Gasteiger partial charge in [-0.05, 0) is 71.6 Å². The van der Waals surface area contributed by atoms with Gasteiger partial charge in [0.1, 0.15) is 5.82 Å². The van der Waals surface area contributed by atoms with E-state index in [1.54, 1.807) is 15.5 Å². The van der Waals surface area contributed by atoms with Crippen molar-refractivity contribution in [1.29, 1.82) is 0 Å². The van der Waals surface area contributed by atoms with Gasteiger partial charge in [-0.3, -0.25) is 9.36 Å². The van der Waals surface area contributed by atoms with Gasteiger partial charge in [0.25, 0.3) is 5.56 Å². The molecule has 0 aliphatic carbocycles. The first-order chi connectivity index (χ1) is 17.5. The average molecular weight is 547 g/mol. The summed E-state index contributed by atoms with van der Waals surface area (Å²) in [7, 11) is 0. The van der Waals surface area contributed by atoms with Gasteiger partial charge >= 0.3 is 6.03 Å². The third-order valence-corrected chi connectivity index (χ3v) is 7.08. The maximum atomic E-state index is 13.9. The molecule has 36 heavy (non-hydrogen) atoms. The van der Waals surface area contributed by atoms with Crippen LogP contribution in [0.2, 0.25) is 0 Å². The number of aromatic nitrogens is 2. The number of hydrogen-bond acceptors (Lipinski definition) is 3. The predicted octanol–water partition coefficient (Wildman–Crippen LogP) is 7.11. The summed E-state index contributed by atoms with van der Waals surface area (Å²) in [5, 5.41) is 3.58. The molecule has 1 aromatic heterocycles. The number of aryl methyl sites for hydroxylation is 1. The highest BCUT2D eigenvalue weighted by Crippen LogP contribution is 2.27. The van der Waals surface area contributed by atoms with Crippen molar-refractivity contribution in [2.24, 2.45) is 0 Å². The van der Waals surface area contributed by atoms with Crippen LogP contribution in [0.5, 0.6) is 0 Å². The number of para-hydroxylation sites is 3. The van der Waals surface area contributed by atoms with Crippen molar-refractivity contribution in [3.63, 3.8) is 0 Å². The van der Waals surface area contributed by atoms with Crippen molar-refractivity contribution in [2.45, 2.75) is 46.1 Å². The molecule has 0 aliphatic heterocycles. The van der Waals surface area contributed by atoms with Crippen molar-refractivity contribution in [3.05, 3.63) is 99.0 Å². The lowest BCUT2D eigenvalue weighted by atomic mass is 10.1. The van der Waals surface area contributed by atoms with E-state index in [0.29, 0.717) is 29.0 Å². The Morgan fingerprint density at radius 2 is 1.72 bits per heavy atom. The molecule has 0 saturated carbocycles. The largest absolute Gasteiger partial charge is 0.322 e. The molecule has 186 valence electrons. The molecule has 3 aromatic carbocycles. The van der Waals surface area contributed by atoms with E-state index in [9.17, 15) is 9.59 Å². The summed E-state index contributed by atoms with van der Waals surface area (Å²) in [4.78, 5) is 34.2. The van der Waals surface area contributed by atoms with Gasteiger partial charge in [0.15, 0.2) is 0 Å². The molecule has 1 unspecified atom stereocenters. The molecule has 6 nitrogen and oxygen atoms in total. The Kier molecular flexibility index (Phi) is 8.21. The number of amides is 2. The van der Waals surface area contributed by atoms with Crippen LogP contribution >= 0.6 is 15.9 Å². The van der Waals surface area contributed by atoms with E-state index >= 15 is 0 Å². The number of anilines is 1. The first kappa shape index (κ1) is 25.6. The highest BCUT2D eigenvalue weighted by Gasteiger charge is 2.27. The molecule has 7 heteroatoms. The molecule has 1 N–H and O–H groups in total. The monoisotopic (exact) mass is 546 g/mol. The van der Waals surface area contributed by atoms with Crippen LogP contribution in [-0.2, 0) is 6.42 Å². The summed E-state index contributed by atoms with van der Waals surface area (Å²) in [5.41, 5.74) is 3.02. The topological polar surface area (TPSA) is 67.2 Å². The van der Waals surface area contributed by atoms with E-state index in [1.165, 1.54) is 0 Å². The molecule has 2 amide bonds. The second-order valence-corrected chi connectivity index (χ2v) is 9.60. The number of unbranched alkanes of at least 4 members (excludes halogenated alkanes) is 1. The van der Waals surface area contributed by atoms with Crippen LogP contribution in [0.25, 0.3) is 16.6 Å². The van der Waals surface area contributed by atoms with Crippen LogP contribution in [0, 0.1) is 0 Å². The molecule has 0 radical (unpaired) electrons. The first-order valence-electron chi connectivity index (χ1n) is 12.4. The van der Waals surface area contributed by atoms with Gasteiger partial charge in [0.2, 0.25) is 0 Å². The lowest BCUT2D eigenvalue weighted by Gasteiger charge is -2.31. The Labute approximate surface area is 220 Å². The molecule has 0 aliphatic rings. The number of halogens is 1. The molecule has 0 fully saturated rings. The van der Waals surface area contributed by atoms with Crippen LogP contribution in [0.15, 0.2) is 82.1 Å². The molecule has 0 spiro atoms. The number of nitrogens with zero attached hydrogens (tertiary/aromatic N) is 3. The minimum Gasteiger partial charge on any atom is -0.315 e. The van der Waals surface area contributed by atoms with E-state index in [-0.39, 0.29) is 11.6 Å². The zero-order chi connectivity index (χ0) is 25.7. The fourth-order valence-corrected chi connectivity index (χ4v) is 4.76. The van der Waals surface area contributed by atoms with Crippen molar-refractivity contribution < 1.29 is 4.79 Å². The minimum absolute atomic E-state index is 0.134. The number of benzene rings is 3. The molecule has 1 atom stereocenters. The molecule has 4 aromatic rings. The van der Waals surface area contributed by atoms with E-state index in [1.807, 2.05) is 73.7 Å². The Morgan fingerprint density at radius 1 is 1.03 bits per heavy atom. The van der Waals surface area contributed by atoms with Crippen LogP contribution in [0.3, 0.4) is 0 Å². The van der Waals surface area contributed by atoms with E-state index < -0.39 is 6.04 Å². The van der Waals surface area contributed by atoms with Gasteiger partial charge in [-0.2, -0.15) is 0 Å². The number of nitrogens with one attached hydrogen (secondary N) is 1. The molecule has 0 saturated heterocycles. The van der Waals surface area contributed by atoms with Gasteiger partial charge in [-0.25, -0.2) is 9.78 Å². The smallest absolute Gasteiger partial charge is 0.315 e. The Morgan fingerprint density at radius 3 is 2.47 bits per heavy atom. The van der Waals surface area contributed by atoms with Gasteiger partial charge in [-0.1, -0.05) is 62.7 Å². The van der Waals surface area contributed by atoms with Gasteiger partial charge in [0, 0.05) is 11.0 Å². The van der Waals surface area contributed by atoms with Crippen molar-refractivity contribution >= 4 is 38.6 Å². The van der Waals surface area contributed by atoms with Crippen LogP contribution in [-0.4, -0.2) is 27.0 Å². The van der Waals surface area contributed by atoms with Crippen LogP contribution in [0.4, 0.5) is 10.5 Å². The Hall–Kier alpha value is -3.45. The Balaban J connectivity index is 1.87. The van der Waals surface area contributed by atoms with Crippen molar-refractivity contribution in [2.75, 3.05) is 11.9 Å². The summed E-state index contributed by atoms with van der Waals surface area (Å²) >= 11 is 3.51. The second-order valence-electron chi connectivity index (χ2n) is 8.74. The quantitative estimate of drug-likeness (QED) is 0.256. The summed E-state index contributed by atoms with van der Waals surface area (Å²) in [5.74, 6) is 0.540. The number of hydrogen-bond donors (Lipinski definition) is 1. The SMILES string of the molecule is CCCCN(C(=O)Nc1ccccc1Br)C(C)c1nc2ccccc2c(=O)n1-c1ccccc1CC. The Bertz CT molecular complexity index is 1430. The first-order valence-corrected chi connectivity index (χ1v) is 13.2.